The fraction of sp³-hybridized carbons (Fsp3) is 0.364. The van der Waals surface area contributed by atoms with Crippen molar-refractivity contribution in [2.24, 2.45) is 0 Å². The molecule has 2 rings (SSSR count). The molecule has 0 aliphatic heterocycles. The zero-order chi connectivity index (χ0) is 21.4. The lowest BCUT2D eigenvalue weighted by atomic mass is 9.87. The molecule has 0 bridgehead atoms. The number of hydrogen-bond donors (Lipinski definition) is 2. The lowest BCUT2D eigenvalue weighted by Crippen LogP contribution is -2.34. The molecule has 0 fully saturated rings. The van der Waals surface area contributed by atoms with Gasteiger partial charge in [0.15, 0.2) is 5.11 Å². The molecule has 0 radical (unpaired) electrons. The Kier molecular flexibility index (Phi) is 8.29. The van der Waals surface area contributed by atoms with Gasteiger partial charge in [0.25, 0.3) is 0 Å². The van der Waals surface area contributed by atoms with Gasteiger partial charge in [-0.2, -0.15) is 0 Å². The second-order valence-corrected chi connectivity index (χ2v) is 8.39. The summed E-state index contributed by atoms with van der Waals surface area (Å²) in [6, 6.07) is 13.2. The molecule has 0 aromatic heterocycles. The van der Waals surface area contributed by atoms with E-state index in [0.29, 0.717) is 35.9 Å². The summed E-state index contributed by atoms with van der Waals surface area (Å²) in [5, 5.41) is 6.25. The van der Waals surface area contributed by atoms with Crippen LogP contribution in [0.25, 0.3) is 0 Å². The van der Waals surface area contributed by atoms with Crippen molar-refractivity contribution < 1.29 is 14.3 Å². The molecular formula is C22H27ClN2O3S. The Balaban J connectivity index is 1.70. The minimum Gasteiger partial charge on any atom is -0.495 e. The average Bonchev–Trinajstić information content (AvgIpc) is 2.65. The molecule has 0 aliphatic rings. The van der Waals surface area contributed by atoms with Crippen LogP contribution in [0.15, 0.2) is 42.5 Å². The quantitative estimate of drug-likeness (QED) is 0.456. The van der Waals surface area contributed by atoms with Crippen molar-refractivity contribution in [2.45, 2.75) is 39.0 Å². The fourth-order valence-corrected chi connectivity index (χ4v) is 3.06. The number of hydrogen-bond acceptors (Lipinski definition) is 4. The van der Waals surface area contributed by atoms with E-state index < -0.39 is 0 Å². The van der Waals surface area contributed by atoms with E-state index in [0.717, 1.165) is 5.75 Å². The SMILES string of the molecule is COc1ccc(NC(=S)NC(=O)CCCOc2ccc(C(C)(C)C)cc2)cc1Cl. The molecular weight excluding hydrogens is 408 g/mol. The third-order valence-corrected chi connectivity index (χ3v) is 4.70. The number of carbonyl (C=O) groups is 1. The molecule has 0 saturated carbocycles. The van der Waals surface area contributed by atoms with Gasteiger partial charge in [-0.15, -0.1) is 0 Å². The highest BCUT2D eigenvalue weighted by atomic mass is 35.5. The maximum absolute atomic E-state index is 12.0. The second kappa shape index (κ2) is 10.5. The number of halogens is 1. The van der Waals surface area contributed by atoms with E-state index in [1.807, 2.05) is 12.1 Å². The number of rotatable bonds is 7. The summed E-state index contributed by atoms with van der Waals surface area (Å²) in [6.45, 7) is 6.97. The molecule has 0 atom stereocenters. The average molecular weight is 435 g/mol. The lowest BCUT2D eigenvalue weighted by molar-refractivity contribution is -0.119. The maximum Gasteiger partial charge on any atom is 0.226 e. The van der Waals surface area contributed by atoms with Crippen molar-refractivity contribution in [2.75, 3.05) is 19.0 Å². The minimum absolute atomic E-state index is 0.111. The van der Waals surface area contributed by atoms with Crippen molar-refractivity contribution in [3.8, 4) is 11.5 Å². The third kappa shape index (κ3) is 7.55. The third-order valence-electron chi connectivity index (χ3n) is 4.20. The monoisotopic (exact) mass is 434 g/mol. The van der Waals surface area contributed by atoms with Crippen molar-refractivity contribution in [1.29, 1.82) is 0 Å². The first-order valence-electron chi connectivity index (χ1n) is 9.37. The first-order valence-corrected chi connectivity index (χ1v) is 10.2. The van der Waals surface area contributed by atoms with Gasteiger partial charge in [0, 0.05) is 12.1 Å². The zero-order valence-electron chi connectivity index (χ0n) is 17.2. The van der Waals surface area contributed by atoms with E-state index >= 15 is 0 Å². The smallest absolute Gasteiger partial charge is 0.226 e. The first-order chi connectivity index (χ1) is 13.7. The van der Waals surface area contributed by atoms with Crippen LogP contribution in [0.5, 0.6) is 11.5 Å². The largest absolute Gasteiger partial charge is 0.495 e. The van der Waals surface area contributed by atoms with Crippen LogP contribution < -0.4 is 20.1 Å². The van der Waals surface area contributed by atoms with E-state index in [-0.39, 0.29) is 16.4 Å². The van der Waals surface area contributed by atoms with Crippen molar-refractivity contribution >= 4 is 40.5 Å². The molecule has 1 amide bonds. The van der Waals surface area contributed by atoms with Gasteiger partial charge in [-0.1, -0.05) is 44.5 Å². The molecule has 7 heteroatoms. The Morgan fingerprint density at radius 2 is 1.83 bits per heavy atom. The molecule has 0 spiro atoms. The Hall–Kier alpha value is -2.31. The van der Waals surface area contributed by atoms with Crippen LogP contribution >= 0.6 is 23.8 Å². The van der Waals surface area contributed by atoms with E-state index in [1.54, 1.807) is 25.3 Å². The van der Waals surface area contributed by atoms with Crippen LogP contribution in [0, 0.1) is 0 Å². The van der Waals surface area contributed by atoms with Crippen LogP contribution in [-0.2, 0) is 10.2 Å². The highest BCUT2D eigenvalue weighted by Crippen LogP contribution is 2.27. The molecule has 5 nitrogen and oxygen atoms in total. The number of nitrogens with one attached hydrogen (secondary N) is 2. The van der Waals surface area contributed by atoms with E-state index in [9.17, 15) is 4.79 Å². The number of methoxy groups -OCH3 is 1. The highest BCUT2D eigenvalue weighted by molar-refractivity contribution is 7.80. The van der Waals surface area contributed by atoms with Crippen LogP contribution in [0.4, 0.5) is 5.69 Å². The Morgan fingerprint density at radius 3 is 2.41 bits per heavy atom. The Bertz CT molecular complexity index is 848. The summed E-state index contributed by atoms with van der Waals surface area (Å²) in [5.41, 5.74) is 2.03. The molecule has 0 saturated heterocycles. The van der Waals surface area contributed by atoms with Gasteiger partial charge < -0.3 is 20.1 Å². The number of ether oxygens (including phenoxy) is 2. The fourth-order valence-electron chi connectivity index (χ4n) is 2.57. The van der Waals surface area contributed by atoms with Crippen molar-refractivity contribution in [3.63, 3.8) is 0 Å². The van der Waals surface area contributed by atoms with Gasteiger partial charge in [0.2, 0.25) is 5.91 Å². The topological polar surface area (TPSA) is 59.6 Å². The summed E-state index contributed by atoms with van der Waals surface area (Å²) < 4.78 is 10.8. The number of anilines is 1. The van der Waals surface area contributed by atoms with Crippen LogP contribution in [-0.4, -0.2) is 24.7 Å². The van der Waals surface area contributed by atoms with Crippen LogP contribution in [0.2, 0.25) is 5.02 Å². The van der Waals surface area contributed by atoms with E-state index in [2.05, 4.69) is 43.5 Å². The molecule has 156 valence electrons. The predicted molar refractivity (Wildman–Crippen MR) is 122 cm³/mol. The van der Waals surface area contributed by atoms with Crippen molar-refractivity contribution in [1.82, 2.24) is 5.32 Å². The van der Waals surface area contributed by atoms with E-state index in [1.165, 1.54) is 5.56 Å². The summed E-state index contributed by atoms with van der Waals surface area (Å²) >= 11 is 11.2. The van der Waals surface area contributed by atoms with Gasteiger partial charge in [0.1, 0.15) is 11.5 Å². The Labute approximate surface area is 182 Å². The summed E-state index contributed by atoms with van der Waals surface area (Å²) in [5.74, 6) is 1.20. The highest BCUT2D eigenvalue weighted by Gasteiger charge is 2.13. The van der Waals surface area contributed by atoms with Gasteiger partial charge in [-0.3, -0.25) is 4.79 Å². The number of benzene rings is 2. The normalized spacial score (nSPS) is 10.9. The zero-order valence-corrected chi connectivity index (χ0v) is 18.7. The van der Waals surface area contributed by atoms with E-state index in [4.69, 9.17) is 33.3 Å². The van der Waals surface area contributed by atoms with Gasteiger partial charge in [-0.25, -0.2) is 0 Å². The minimum atomic E-state index is -0.172. The summed E-state index contributed by atoms with van der Waals surface area (Å²) in [7, 11) is 1.55. The molecule has 0 heterocycles. The number of amides is 1. The molecule has 29 heavy (non-hydrogen) atoms. The molecule has 2 aromatic rings. The standard InChI is InChI=1S/C22H27ClN2O3S/c1-22(2,3)15-7-10-17(11-8-15)28-13-5-6-20(26)25-21(29)24-16-9-12-19(27-4)18(23)14-16/h7-12,14H,5-6,13H2,1-4H3,(H2,24,25,26,29). The van der Waals surface area contributed by atoms with Gasteiger partial charge in [0.05, 0.1) is 18.7 Å². The predicted octanol–water partition coefficient (Wildman–Crippen LogP) is 5.32. The number of thiocarbonyl (C=S) groups is 1. The maximum atomic E-state index is 12.0. The van der Waals surface area contributed by atoms with Crippen LogP contribution in [0.3, 0.4) is 0 Å². The lowest BCUT2D eigenvalue weighted by Gasteiger charge is -2.19. The van der Waals surface area contributed by atoms with Gasteiger partial charge in [-0.05, 0) is 59.9 Å². The van der Waals surface area contributed by atoms with Gasteiger partial charge >= 0.3 is 0 Å². The molecule has 2 aromatic carbocycles. The molecule has 0 aliphatic carbocycles. The van der Waals surface area contributed by atoms with Crippen molar-refractivity contribution in [3.05, 3.63) is 53.1 Å². The Morgan fingerprint density at radius 1 is 1.14 bits per heavy atom. The molecule has 0 unspecified atom stereocenters. The first kappa shape index (κ1) is 23.0. The summed E-state index contributed by atoms with van der Waals surface area (Å²) in [6.07, 6.45) is 0.898. The van der Waals surface area contributed by atoms with Crippen LogP contribution in [0.1, 0.15) is 39.2 Å². The number of carbonyl (C=O) groups excluding carboxylic acids is 1. The summed E-state index contributed by atoms with van der Waals surface area (Å²) in [4.78, 5) is 12.0. The second-order valence-electron chi connectivity index (χ2n) is 7.58. The molecule has 2 N–H and O–H groups in total.